The third-order valence-electron chi connectivity index (χ3n) is 4.76. The Morgan fingerprint density at radius 2 is 2.30 bits per heavy atom. The number of likely N-dealkylation sites (tertiary alicyclic amines) is 1. The van der Waals surface area contributed by atoms with Gasteiger partial charge in [-0.15, -0.1) is 0 Å². The zero-order chi connectivity index (χ0) is 16.3. The Morgan fingerprint density at radius 3 is 2.91 bits per heavy atom. The van der Waals surface area contributed by atoms with Gasteiger partial charge in [-0.1, -0.05) is 6.07 Å². The van der Waals surface area contributed by atoms with Crippen molar-refractivity contribution >= 4 is 10.0 Å². The van der Waals surface area contributed by atoms with Crippen LogP contribution in [0.2, 0.25) is 0 Å². The fourth-order valence-electron chi connectivity index (χ4n) is 3.30. The van der Waals surface area contributed by atoms with Crippen molar-refractivity contribution in [3.05, 3.63) is 30.1 Å². The van der Waals surface area contributed by atoms with Gasteiger partial charge >= 0.3 is 0 Å². The molecule has 1 N–H and O–H groups in total. The molecule has 0 aliphatic carbocycles. The molecule has 7 heteroatoms. The lowest BCUT2D eigenvalue weighted by Gasteiger charge is -2.53. The quantitative estimate of drug-likeness (QED) is 0.837. The first-order chi connectivity index (χ1) is 11.0. The van der Waals surface area contributed by atoms with E-state index < -0.39 is 10.0 Å². The molecule has 3 rings (SSSR count). The van der Waals surface area contributed by atoms with Crippen LogP contribution in [-0.2, 0) is 21.3 Å². The monoisotopic (exact) mass is 339 g/mol. The van der Waals surface area contributed by atoms with Gasteiger partial charge in [0.25, 0.3) is 0 Å². The van der Waals surface area contributed by atoms with Crippen LogP contribution in [0.5, 0.6) is 0 Å². The molecule has 2 aliphatic heterocycles. The number of pyridine rings is 1. The van der Waals surface area contributed by atoms with Crippen molar-refractivity contribution in [3.63, 3.8) is 0 Å². The number of rotatable bonds is 6. The van der Waals surface area contributed by atoms with Crippen LogP contribution in [0.15, 0.2) is 24.5 Å². The van der Waals surface area contributed by atoms with Crippen LogP contribution < -0.4 is 4.72 Å². The normalized spacial score (nSPS) is 24.5. The molecule has 128 valence electrons. The molecule has 0 aromatic carbocycles. The van der Waals surface area contributed by atoms with Crippen molar-refractivity contribution in [1.82, 2.24) is 14.6 Å². The Labute approximate surface area is 138 Å². The minimum Gasteiger partial charge on any atom is -0.372 e. The average molecular weight is 339 g/mol. The molecule has 23 heavy (non-hydrogen) atoms. The van der Waals surface area contributed by atoms with Gasteiger partial charge in [-0.3, -0.25) is 9.88 Å². The van der Waals surface area contributed by atoms with Gasteiger partial charge in [-0.2, -0.15) is 0 Å². The molecule has 0 unspecified atom stereocenters. The Kier molecular flexibility index (Phi) is 5.01. The van der Waals surface area contributed by atoms with Crippen molar-refractivity contribution in [3.8, 4) is 0 Å². The summed E-state index contributed by atoms with van der Waals surface area (Å²) >= 11 is 0. The van der Waals surface area contributed by atoms with Gasteiger partial charge in [0.05, 0.1) is 18.0 Å². The van der Waals surface area contributed by atoms with Crippen LogP contribution in [0.1, 0.15) is 25.3 Å². The van der Waals surface area contributed by atoms with Gasteiger partial charge in [0.1, 0.15) is 0 Å². The molecule has 2 saturated heterocycles. The number of nitrogens with one attached hydrogen (secondary N) is 1. The summed E-state index contributed by atoms with van der Waals surface area (Å²) in [5.41, 5.74) is 1.22. The lowest BCUT2D eigenvalue weighted by atomic mass is 9.83. The minimum absolute atomic E-state index is 0.0116. The molecular formula is C16H25N3O3S. The molecule has 3 heterocycles. The molecule has 0 bridgehead atoms. The molecule has 1 spiro atoms. The standard InChI is InChI=1S/C16H25N3O3S/c1-2-23(20,21)18-9-15-5-6-16(22-11-15)12-19(13-16)10-14-4-3-7-17-8-14/h3-4,7-8,15,18H,2,5-6,9-13H2,1H3/t15-/m1/s1. The Bertz CT molecular complexity index is 605. The number of ether oxygens (including phenoxy) is 1. The molecule has 2 aliphatic rings. The average Bonchev–Trinajstić information content (AvgIpc) is 2.54. The number of aromatic nitrogens is 1. The van der Waals surface area contributed by atoms with E-state index in [1.807, 2.05) is 12.3 Å². The summed E-state index contributed by atoms with van der Waals surface area (Å²) in [4.78, 5) is 6.52. The first-order valence-electron chi connectivity index (χ1n) is 8.23. The highest BCUT2D eigenvalue weighted by Gasteiger charge is 2.46. The second-order valence-corrected chi connectivity index (χ2v) is 8.75. The first-order valence-corrected chi connectivity index (χ1v) is 9.88. The summed E-state index contributed by atoms with van der Waals surface area (Å²) in [6.45, 7) is 5.61. The fourth-order valence-corrected chi connectivity index (χ4v) is 4.00. The third kappa shape index (κ3) is 4.29. The van der Waals surface area contributed by atoms with Crippen LogP contribution >= 0.6 is 0 Å². The fraction of sp³-hybridized carbons (Fsp3) is 0.688. The lowest BCUT2D eigenvalue weighted by molar-refractivity contribution is -0.181. The summed E-state index contributed by atoms with van der Waals surface area (Å²) in [7, 11) is -3.10. The largest absolute Gasteiger partial charge is 0.372 e. The topological polar surface area (TPSA) is 71.5 Å². The van der Waals surface area contributed by atoms with Crippen molar-refractivity contribution in [2.75, 3.05) is 32.0 Å². The summed E-state index contributed by atoms with van der Waals surface area (Å²) < 4.78 is 31.7. The highest BCUT2D eigenvalue weighted by Crippen LogP contribution is 2.36. The van der Waals surface area contributed by atoms with Crippen molar-refractivity contribution in [2.24, 2.45) is 5.92 Å². The van der Waals surface area contributed by atoms with Gasteiger partial charge in [-0.05, 0) is 37.3 Å². The molecule has 1 aromatic heterocycles. The summed E-state index contributed by atoms with van der Waals surface area (Å²) in [5.74, 6) is 0.419. The van der Waals surface area contributed by atoms with Crippen LogP contribution in [0.3, 0.4) is 0 Å². The second kappa shape index (κ2) is 6.84. The number of hydrogen-bond acceptors (Lipinski definition) is 5. The van der Waals surface area contributed by atoms with E-state index >= 15 is 0 Å². The first kappa shape index (κ1) is 16.8. The second-order valence-electron chi connectivity index (χ2n) is 6.66. The molecular weight excluding hydrogens is 314 g/mol. The molecule has 0 saturated carbocycles. The Morgan fingerprint density at radius 1 is 1.48 bits per heavy atom. The van der Waals surface area contributed by atoms with Crippen LogP contribution in [-0.4, -0.2) is 55.9 Å². The van der Waals surface area contributed by atoms with Gasteiger partial charge < -0.3 is 4.74 Å². The highest BCUT2D eigenvalue weighted by atomic mass is 32.2. The van der Waals surface area contributed by atoms with Crippen molar-refractivity contribution < 1.29 is 13.2 Å². The van der Waals surface area contributed by atoms with Crippen molar-refractivity contribution in [2.45, 2.75) is 31.9 Å². The SMILES string of the molecule is CCS(=O)(=O)NC[C@H]1CCC2(CN(Cc3cccnc3)C2)OC1. The minimum atomic E-state index is -3.10. The van der Waals surface area contributed by atoms with E-state index in [-0.39, 0.29) is 17.3 Å². The maximum absolute atomic E-state index is 11.5. The maximum Gasteiger partial charge on any atom is 0.211 e. The zero-order valence-corrected chi connectivity index (χ0v) is 14.4. The van der Waals surface area contributed by atoms with Crippen molar-refractivity contribution in [1.29, 1.82) is 0 Å². The predicted molar refractivity (Wildman–Crippen MR) is 88.4 cm³/mol. The van der Waals surface area contributed by atoms with Gasteiger partial charge in [0.2, 0.25) is 10.0 Å². The van der Waals surface area contributed by atoms with E-state index in [4.69, 9.17) is 4.74 Å². The Balaban J connectivity index is 1.40. The van der Waals surface area contributed by atoms with Gasteiger partial charge in [-0.25, -0.2) is 13.1 Å². The molecule has 1 aromatic rings. The molecule has 6 nitrogen and oxygen atoms in total. The molecule has 1 atom stereocenters. The van der Waals surface area contributed by atoms with E-state index in [9.17, 15) is 8.42 Å². The van der Waals surface area contributed by atoms with E-state index in [0.717, 1.165) is 32.5 Å². The summed E-state index contributed by atoms with van der Waals surface area (Å²) in [6, 6.07) is 4.06. The van der Waals surface area contributed by atoms with Crippen LogP contribution in [0.4, 0.5) is 0 Å². The predicted octanol–water partition coefficient (Wildman–Crippen LogP) is 1.00. The molecule has 0 amide bonds. The van der Waals surface area contributed by atoms with Gasteiger partial charge in [0.15, 0.2) is 0 Å². The third-order valence-corrected chi connectivity index (χ3v) is 6.12. The summed E-state index contributed by atoms with van der Waals surface area (Å²) in [5, 5.41) is 0. The Hall–Kier alpha value is -1.02. The van der Waals surface area contributed by atoms with E-state index in [0.29, 0.717) is 13.2 Å². The maximum atomic E-state index is 11.5. The summed E-state index contributed by atoms with van der Waals surface area (Å²) in [6.07, 6.45) is 5.73. The highest BCUT2D eigenvalue weighted by molar-refractivity contribution is 7.89. The van der Waals surface area contributed by atoms with Gasteiger partial charge in [0, 0.05) is 38.6 Å². The smallest absolute Gasteiger partial charge is 0.211 e. The van der Waals surface area contributed by atoms with Crippen LogP contribution in [0, 0.1) is 5.92 Å². The number of nitrogens with zero attached hydrogens (tertiary/aromatic N) is 2. The van der Waals surface area contributed by atoms with Crippen LogP contribution in [0.25, 0.3) is 0 Å². The zero-order valence-electron chi connectivity index (χ0n) is 13.6. The molecule has 2 fully saturated rings. The van der Waals surface area contributed by atoms with E-state index in [1.165, 1.54) is 5.56 Å². The van der Waals surface area contributed by atoms with E-state index in [2.05, 4.69) is 20.7 Å². The number of hydrogen-bond donors (Lipinski definition) is 1. The lowest BCUT2D eigenvalue weighted by Crippen LogP contribution is -2.64. The number of sulfonamides is 1. The molecule has 0 radical (unpaired) electrons. The van der Waals surface area contributed by atoms with E-state index in [1.54, 1.807) is 13.1 Å².